The Morgan fingerprint density at radius 2 is 1.58 bits per heavy atom. The van der Waals surface area contributed by atoms with Gasteiger partial charge < -0.3 is 0 Å². The molecule has 2 radical (unpaired) electrons. The summed E-state index contributed by atoms with van der Waals surface area (Å²) in [6, 6.07) is 6.16. The summed E-state index contributed by atoms with van der Waals surface area (Å²) < 4.78 is 2.05. The number of aromatic amines is 1. The van der Waals surface area contributed by atoms with Gasteiger partial charge in [0.1, 0.15) is 0 Å². The van der Waals surface area contributed by atoms with Gasteiger partial charge in [-0.2, -0.15) is 0 Å². The number of nitrogens with one attached hydrogen (secondary N) is 1. The van der Waals surface area contributed by atoms with Gasteiger partial charge in [-0.05, 0) is 0 Å². The van der Waals surface area contributed by atoms with Crippen LogP contribution >= 0.6 is 11.6 Å². The monoisotopic (exact) mass is 454 g/mol. The number of hydrogen-bond acceptors (Lipinski definition) is 1. The minimum absolute atomic E-state index is 0.588. The van der Waals surface area contributed by atoms with E-state index in [1.54, 1.807) is 0 Å². The fraction of sp³-hybridized carbons (Fsp3) is 0.650. The van der Waals surface area contributed by atoms with Crippen LogP contribution in [0.3, 0.4) is 0 Å². The molecule has 0 saturated carbocycles. The van der Waals surface area contributed by atoms with E-state index in [1.807, 2.05) is 12.1 Å². The fourth-order valence-corrected chi connectivity index (χ4v) is 9.02. The van der Waals surface area contributed by atoms with Crippen molar-refractivity contribution in [3.05, 3.63) is 23.2 Å². The molecule has 1 aromatic carbocycles. The molecule has 0 spiro atoms. The normalized spacial score (nSPS) is 12.2. The van der Waals surface area contributed by atoms with Gasteiger partial charge in [0.25, 0.3) is 0 Å². The molecule has 2 rings (SSSR count). The number of benzene rings is 1. The molecular weight excluding hydrogens is 422 g/mol. The molecule has 0 aliphatic rings. The standard InChI is InChI=1S/C13H27.C7H4ClN2.Sn/c1-4-7-10-13(11-8-5-2)12-9-6-3;8-6-2-1-5-4-9-10-7(5)3-6;/h4-12H2,1-3H3;1-3H,(H,9,10);. The van der Waals surface area contributed by atoms with Crippen molar-refractivity contribution in [3.63, 3.8) is 0 Å². The molecule has 132 valence electrons. The number of rotatable bonds is 11. The Morgan fingerprint density at radius 3 is 2.12 bits per heavy atom. The Hall–Kier alpha value is -0.221. The van der Waals surface area contributed by atoms with Crippen LogP contribution in [0.2, 0.25) is 8.45 Å². The molecule has 0 amide bonds. The number of nitrogens with zero attached hydrogens (tertiary/aromatic N) is 1. The average molecular weight is 454 g/mol. The number of unbranched alkanes of at least 4 members (excludes halogenated alkanes) is 3. The van der Waals surface area contributed by atoms with E-state index < -0.39 is 21.1 Å². The third-order valence-electron chi connectivity index (χ3n) is 4.93. The molecular formula is C20H31ClN2Sn. The van der Waals surface area contributed by atoms with Crippen LogP contribution in [0, 0.1) is 0 Å². The predicted octanol–water partition coefficient (Wildman–Crippen LogP) is 6.28. The molecule has 0 saturated heterocycles. The van der Waals surface area contributed by atoms with Gasteiger partial charge in [0.15, 0.2) is 0 Å². The van der Waals surface area contributed by atoms with Gasteiger partial charge in [-0.15, -0.1) is 0 Å². The number of aromatic nitrogens is 2. The quantitative estimate of drug-likeness (QED) is 0.399. The summed E-state index contributed by atoms with van der Waals surface area (Å²) in [5.74, 6) is 0. The van der Waals surface area contributed by atoms with Gasteiger partial charge in [-0.25, -0.2) is 0 Å². The van der Waals surface area contributed by atoms with Crippen LogP contribution in [0.5, 0.6) is 0 Å². The van der Waals surface area contributed by atoms with Crippen molar-refractivity contribution in [2.75, 3.05) is 0 Å². The summed E-state index contributed by atoms with van der Waals surface area (Å²) in [5, 5.41) is 10.0. The fourth-order valence-electron chi connectivity index (χ4n) is 3.45. The predicted molar refractivity (Wildman–Crippen MR) is 108 cm³/mol. The molecule has 0 fully saturated rings. The van der Waals surface area contributed by atoms with E-state index >= 15 is 0 Å². The Labute approximate surface area is 162 Å². The van der Waals surface area contributed by atoms with Crippen LogP contribution in [0.15, 0.2) is 18.2 Å². The second kappa shape index (κ2) is 10.1. The molecule has 0 unspecified atom stereocenters. The summed E-state index contributed by atoms with van der Waals surface area (Å²) in [6.45, 7) is 6.97. The second-order valence-corrected chi connectivity index (χ2v) is 12.6. The van der Waals surface area contributed by atoms with E-state index in [2.05, 4.69) is 37.0 Å². The van der Waals surface area contributed by atoms with E-state index in [0.717, 1.165) is 10.5 Å². The van der Waals surface area contributed by atoms with Gasteiger partial charge in [-0.1, -0.05) is 0 Å². The molecule has 4 heteroatoms. The Morgan fingerprint density at radius 1 is 1.00 bits per heavy atom. The SMILES string of the molecule is CCCC[C](CCCC)(CCCC)[Sn][c]1[nH]nc2cc(Cl)ccc12. The van der Waals surface area contributed by atoms with Crippen LogP contribution in [0.1, 0.15) is 78.6 Å². The summed E-state index contributed by atoms with van der Waals surface area (Å²) in [7, 11) is 0. The summed E-state index contributed by atoms with van der Waals surface area (Å²) in [5.41, 5.74) is 1.04. The zero-order chi connectivity index (χ0) is 17.4. The summed E-state index contributed by atoms with van der Waals surface area (Å²) >= 11 is 5.36. The van der Waals surface area contributed by atoms with E-state index in [4.69, 9.17) is 11.6 Å². The third-order valence-corrected chi connectivity index (χ3v) is 10.6. The van der Waals surface area contributed by atoms with Crippen molar-refractivity contribution in [2.24, 2.45) is 0 Å². The molecule has 1 heterocycles. The minimum atomic E-state index is -0.762. The van der Waals surface area contributed by atoms with Gasteiger partial charge in [0.2, 0.25) is 0 Å². The van der Waals surface area contributed by atoms with Gasteiger partial charge in [-0.3, -0.25) is 0 Å². The van der Waals surface area contributed by atoms with Crippen LogP contribution in [-0.2, 0) is 0 Å². The maximum atomic E-state index is 6.13. The van der Waals surface area contributed by atoms with Crippen molar-refractivity contribution in [1.82, 2.24) is 10.2 Å². The van der Waals surface area contributed by atoms with Crippen molar-refractivity contribution >= 4 is 47.4 Å². The number of fused-ring (bicyclic) bond motifs is 1. The van der Waals surface area contributed by atoms with Crippen molar-refractivity contribution in [2.45, 2.75) is 82.0 Å². The molecule has 0 bridgehead atoms. The van der Waals surface area contributed by atoms with Crippen LogP contribution in [-0.4, -0.2) is 31.3 Å². The number of H-pyrrole nitrogens is 1. The maximum absolute atomic E-state index is 6.13. The first kappa shape index (κ1) is 20.1. The molecule has 1 N–H and O–H groups in total. The second-order valence-electron chi connectivity index (χ2n) is 6.98. The van der Waals surface area contributed by atoms with Gasteiger partial charge in [0.05, 0.1) is 0 Å². The first-order valence-electron chi connectivity index (χ1n) is 9.56. The molecule has 1 aromatic heterocycles. The zero-order valence-corrected chi connectivity index (χ0v) is 19.0. The molecule has 2 aromatic rings. The Bertz CT molecular complexity index is 601. The van der Waals surface area contributed by atoms with Gasteiger partial charge in [0, 0.05) is 0 Å². The Kier molecular flexibility index (Phi) is 8.42. The van der Waals surface area contributed by atoms with E-state index in [0.29, 0.717) is 3.43 Å². The van der Waals surface area contributed by atoms with Crippen LogP contribution in [0.25, 0.3) is 10.9 Å². The topological polar surface area (TPSA) is 28.7 Å². The molecule has 24 heavy (non-hydrogen) atoms. The zero-order valence-electron chi connectivity index (χ0n) is 15.4. The van der Waals surface area contributed by atoms with Crippen LogP contribution in [0.4, 0.5) is 0 Å². The average Bonchev–Trinajstić information content (AvgIpc) is 2.97. The summed E-state index contributed by atoms with van der Waals surface area (Å²) in [4.78, 5) is 0. The number of halogens is 1. The van der Waals surface area contributed by atoms with Crippen molar-refractivity contribution in [3.8, 4) is 0 Å². The van der Waals surface area contributed by atoms with Crippen molar-refractivity contribution < 1.29 is 0 Å². The number of hydrogen-bond donors (Lipinski definition) is 1. The van der Waals surface area contributed by atoms with E-state index in [1.165, 1.54) is 66.9 Å². The first-order chi connectivity index (χ1) is 11.6. The molecule has 0 aliphatic carbocycles. The first-order valence-corrected chi connectivity index (χ1v) is 12.8. The van der Waals surface area contributed by atoms with E-state index in [9.17, 15) is 0 Å². The van der Waals surface area contributed by atoms with Crippen LogP contribution < -0.4 is 3.71 Å². The van der Waals surface area contributed by atoms with Gasteiger partial charge >= 0.3 is 163 Å². The molecule has 0 aliphatic heterocycles. The van der Waals surface area contributed by atoms with E-state index in [-0.39, 0.29) is 0 Å². The van der Waals surface area contributed by atoms with Crippen molar-refractivity contribution in [1.29, 1.82) is 0 Å². The molecule has 0 atom stereocenters. The molecule has 2 nitrogen and oxygen atoms in total. The Balaban J connectivity index is 2.28. The third kappa shape index (κ3) is 5.39. The summed E-state index contributed by atoms with van der Waals surface area (Å²) in [6.07, 6.45) is 12.2.